The molecule has 1 heterocycles. The standard InChI is InChI=1S/C14H22N2O8S/c1-6(17)21-10-9(5-20-4)24-13(25-14(15)16)12(23-8(3)19)11(10)22-7(2)18/h9-13H,5H2,1-4H3,(H3,15,16)/t9-,10-,11+,12+,13-/m1/s1. The van der Waals surface area contributed by atoms with Gasteiger partial charge in [-0.25, -0.2) is 0 Å². The van der Waals surface area contributed by atoms with Gasteiger partial charge in [0.1, 0.15) is 6.10 Å². The van der Waals surface area contributed by atoms with Crippen LogP contribution in [0.25, 0.3) is 0 Å². The van der Waals surface area contributed by atoms with Gasteiger partial charge in [0.05, 0.1) is 6.61 Å². The van der Waals surface area contributed by atoms with Crippen molar-refractivity contribution in [1.29, 1.82) is 5.41 Å². The molecule has 5 atom stereocenters. The van der Waals surface area contributed by atoms with Gasteiger partial charge in [-0.15, -0.1) is 0 Å². The predicted octanol–water partition coefficient (Wildman–Crippen LogP) is -0.221. The fraction of sp³-hybridized carbons (Fsp3) is 0.714. The molecule has 25 heavy (non-hydrogen) atoms. The second kappa shape index (κ2) is 9.59. The van der Waals surface area contributed by atoms with Crippen LogP contribution in [-0.2, 0) is 38.1 Å². The first-order chi connectivity index (χ1) is 11.6. The SMILES string of the molecule is COC[C@H]1O[C@H](SC(=N)N)[C@@H](OC(C)=O)[C@@H](OC(C)=O)[C@@H]1OC(C)=O. The molecule has 0 unspecified atom stereocenters. The molecular formula is C14H22N2O8S. The van der Waals surface area contributed by atoms with Crippen LogP contribution in [0.15, 0.2) is 0 Å². The number of thioether (sulfide) groups is 1. The number of methoxy groups -OCH3 is 1. The topological polar surface area (TPSA) is 147 Å². The van der Waals surface area contributed by atoms with Gasteiger partial charge in [0.15, 0.2) is 28.9 Å². The molecule has 0 bridgehead atoms. The highest BCUT2D eigenvalue weighted by Crippen LogP contribution is 2.34. The summed E-state index contributed by atoms with van der Waals surface area (Å²) in [5.74, 6) is -1.96. The van der Waals surface area contributed by atoms with Gasteiger partial charge in [-0.2, -0.15) is 0 Å². The molecule has 1 aliphatic rings. The third-order valence-electron chi connectivity index (χ3n) is 3.07. The average molecular weight is 378 g/mol. The molecule has 0 aliphatic carbocycles. The Morgan fingerprint density at radius 3 is 1.92 bits per heavy atom. The highest BCUT2D eigenvalue weighted by atomic mass is 32.2. The maximum atomic E-state index is 11.5. The summed E-state index contributed by atoms with van der Waals surface area (Å²) in [4.78, 5) is 34.4. The first-order valence-electron chi connectivity index (χ1n) is 7.32. The molecule has 10 nitrogen and oxygen atoms in total. The molecular weight excluding hydrogens is 356 g/mol. The molecule has 1 rings (SSSR count). The molecule has 11 heteroatoms. The van der Waals surface area contributed by atoms with Crippen LogP contribution in [0, 0.1) is 5.41 Å². The minimum atomic E-state index is -1.14. The van der Waals surface area contributed by atoms with Crippen LogP contribution in [0.3, 0.4) is 0 Å². The van der Waals surface area contributed by atoms with Gasteiger partial charge in [0.25, 0.3) is 0 Å². The van der Waals surface area contributed by atoms with E-state index in [9.17, 15) is 14.4 Å². The van der Waals surface area contributed by atoms with E-state index in [0.717, 1.165) is 11.8 Å². The molecule has 0 amide bonds. The lowest BCUT2D eigenvalue weighted by molar-refractivity contribution is -0.237. The van der Waals surface area contributed by atoms with E-state index in [-0.39, 0.29) is 11.8 Å². The lowest BCUT2D eigenvalue weighted by Crippen LogP contribution is -2.61. The largest absolute Gasteiger partial charge is 0.456 e. The van der Waals surface area contributed by atoms with E-state index in [4.69, 9.17) is 34.8 Å². The number of rotatable bonds is 6. The number of nitrogens with one attached hydrogen (secondary N) is 1. The van der Waals surface area contributed by atoms with Crippen LogP contribution in [0.4, 0.5) is 0 Å². The zero-order valence-electron chi connectivity index (χ0n) is 14.3. The molecule has 0 aromatic carbocycles. The first kappa shape index (κ1) is 21.2. The van der Waals surface area contributed by atoms with E-state index in [1.54, 1.807) is 0 Å². The Morgan fingerprint density at radius 1 is 1.00 bits per heavy atom. The molecule has 3 N–H and O–H groups in total. The summed E-state index contributed by atoms with van der Waals surface area (Å²) in [6, 6.07) is 0. The zero-order chi connectivity index (χ0) is 19.1. The molecule has 1 aliphatic heterocycles. The van der Waals surface area contributed by atoms with Crippen LogP contribution in [0.5, 0.6) is 0 Å². The van der Waals surface area contributed by atoms with Gasteiger partial charge >= 0.3 is 17.9 Å². The van der Waals surface area contributed by atoms with Crippen molar-refractivity contribution < 1.29 is 38.1 Å². The summed E-state index contributed by atoms with van der Waals surface area (Å²) in [7, 11) is 1.42. The van der Waals surface area contributed by atoms with Crippen LogP contribution in [0.1, 0.15) is 20.8 Å². The van der Waals surface area contributed by atoms with Crippen LogP contribution >= 0.6 is 11.8 Å². The third kappa shape index (κ3) is 6.52. The van der Waals surface area contributed by atoms with E-state index < -0.39 is 47.8 Å². The fourth-order valence-electron chi connectivity index (χ4n) is 2.37. The van der Waals surface area contributed by atoms with Crippen molar-refractivity contribution >= 4 is 34.8 Å². The molecule has 0 spiro atoms. The summed E-state index contributed by atoms with van der Waals surface area (Å²) in [5.41, 5.74) is 4.45. The Morgan fingerprint density at radius 2 is 1.48 bits per heavy atom. The molecule has 1 saturated heterocycles. The van der Waals surface area contributed by atoms with Gasteiger partial charge in [0, 0.05) is 27.9 Å². The molecule has 0 aromatic rings. The summed E-state index contributed by atoms with van der Waals surface area (Å²) in [6.07, 6.45) is -4.15. The molecule has 1 fully saturated rings. The number of hydrogen-bond acceptors (Lipinski definition) is 10. The Kier molecular flexibility index (Phi) is 8.13. The average Bonchev–Trinajstić information content (AvgIpc) is 2.45. The molecule has 0 saturated carbocycles. The molecule has 142 valence electrons. The van der Waals surface area contributed by atoms with Crippen molar-refractivity contribution in [3.8, 4) is 0 Å². The lowest BCUT2D eigenvalue weighted by Gasteiger charge is -2.44. The highest BCUT2D eigenvalue weighted by molar-refractivity contribution is 8.14. The van der Waals surface area contributed by atoms with Crippen molar-refractivity contribution in [3.63, 3.8) is 0 Å². The number of carbonyl (C=O) groups excluding carboxylic acids is 3. The van der Waals surface area contributed by atoms with Gasteiger partial charge in [0.2, 0.25) is 0 Å². The maximum Gasteiger partial charge on any atom is 0.303 e. The summed E-state index contributed by atoms with van der Waals surface area (Å²) < 4.78 is 26.5. The van der Waals surface area contributed by atoms with Gasteiger partial charge in [-0.1, -0.05) is 11.8 Å². The Balaban J connectivity index is 3.25. The minimum absolute atomic E-state index is 0.0114. The van der Waals surface area contributed by atoms with Crippen LogP contribution < -0.4 is 5.73 Å². The highest BCUT2D eigenvalue weighted by Gasteiger charge is 2.52. The third-order valence-corrected chi connectivity index (χ3v) is 3.94. The number of nitrogens with two attached hydrogens (primary N) is 1. The Bertz CT molecular complexity index is 529. The van der Waals surface area contributed by atoms with Crippen LogP contribution in [-0.4, -0.2) is 66.6 Å². The number of hydrogen-bond donors (Lipinski definition) is 2. The Labute approximate surface area is 149 Å². The zero-order valence-corrected chi connectivity index (χ0v) is 15.2. The van der Waals surface area contributed by atoms with Crippen molar-refractivity contribution in [2.24, 2.45) is 5.73 Å². The summed E-state index contributed by atoms with van der Waals surface area (Å²) in [5, 5.41) is 7.15. The number of amidine groups is 1. The fourth-order valence-corrected chi connectivity index (χ4v) is 3.17. The van der Waals surface area contributed by atoms with Gasteiger partial charge < -0.3 is 29.4 Å². The first-order valence-corrected chi connectivity index (χ1v) is 8.20. The normalized spacial score (nSPS) is 28.7. The minimum Gasteiger partial charge on any atom is -0.456 e. The lowest BCUT2D eigenvalue weighted by atomic mass is 9.99. The van der Waals surface area contributed by atoms with Crippen molar-refractivity contribution in [2.75, 3.05) is 13.7 Å². The summed E-state index contributed by atoms with van der Waals surface area (Å²) >= 11 is 0.781. The smallest absolute Gasteiger partial charge is 0.303 e. The van der Waals surface area contributed by atoms with Crippen molar-refractivity contribution in [3.05, 3.63) is 0 Å². The molecule has 0 aromatic heterocycles. The van der Waals surface area contributed by atoms with Crippen LogP contribution in [0.2, 0.25) is 0 Å². The Hall–Kier alpha value is -1.85. The van der Waals surface area contributed by atoms with E-state index in [1.807, 2.05) is 0 Å². The molecule has 0 radical (unpaired) electrons. The summed E-state index contributed by atoms with van der Waals surface area (Å²) in [6.45, 7) is 3.54. The van der Waals surface area contributed by atoms with Gasteiger partial charge in [-0.3, -0.25) is 19.8 Å². The predicted molar refractivity (Wildman–Crippen MR) is 86.7 cm³/mol. The van der Waals surface area contributed by atoms with E-state index in [2.05, 4.69) is 0 Å². The van der Waals surface area contributed by atoms with E-state index in [1.165, 1.54) is 27.9 Å². The van der Waals surface area contributed by atoms with E-state index >= 15 is 0 Å². The second-order valence-electron chi connectivity index (χ2n) is 5.20. The number of esters is 3. The van der Waals surface area contributed by atoms with Crippen molar-refractivity contribution in [2.45, 2.75) is 50.6 Å². The monoisotopic (exact) mass is 378 g/mol. The maximum absolute atomic E-state index is 11.5. The number of ether oxygens (including phenoxy) is 5. The quantitative estimate of drug-likeness (QED) is 0.275. The van der Waals surface area contributed by atoms with Crippen molar-refractivity contribution in [1.82, 2.24) is 0 Å². The second-order valence-corrected chi connectivity index (χ2v) is 6.34. The van der Waals surface area contributed by atoms with E-state index in [0.29, 0.717) is 0 Å². The van der Waals surface area contributed by atoms with Gasteiger partial charge in [-0.05, 0) is 0 Å². The number of carbonyl (C=O) groups is 3.